The molecule has 3 saturated heterocycles. The van der Waals surface area contributed by atoms with Gasteiger partial charge in [-0.3, -0.25) is 9.32 Å². The second-order valence-corrected chi connectivity index (χ2v) is 20.5. The van der Waals surface area contributed by atoms with Gasteiger partial charge in [0.05, 0.1) is 30.9 Å². The molecule has 0 aliphatic carbocycles. The van der Waals surface area contributed by atoms with Gasteiger partial charge in [-0.1, -0.05) is 28.0 Å². The minimum atomic E-state index is -5.57. The molecule has 0 aromatic carbocycles. The number of nitrogens with one attached hydrogen (secondary N) is 2. The van der Waals surface area contributed by atoms with Gasteiger partial charge in [0.25, 0.3) is 0 Å². The third-order valence-corrected chi connectivity index (χ3v) is 16.1. The number of urea groups is 1. The quantitative estimate of drug-likeness (QED) is 0.0428. The van der Waals surface area contributed by atoms with E-state index in [0.29, 0.717) is 30.9 Å². The molecule has 0 aromatic rings. The van der Waals surface area contributed by atoms with Gasteiger partial charge in [0.15, 0.2) is 0 Å². The maximum Gasteiger partial charge on any atom is 0.490 e. The van der Waals surface area contributed by atoms with Gasteiger partial charge in [-0.05, 0) is 58.8 Å². The highest BCUT2D eigenvalue weighted by atomic mass is 33.1. The van der Waals surface area contributed by atoms with Crippen molar-refractivity contribution in [1.29, 1.82) is 0 Å². The zero-order valence-corrected chi connectivity index (χ0v) is 29.9. The van der Waals surface area contributed by atoms with Crippen molar-refractivity contribution in [3.05, 3.63) is 0 Å². The summed E-state index contributed by atoms with van der Waals surface area (Å²) in [5.41, 5.74) is 0. The first kappa shape index (κ1) is 38.8. The summed E-state index contributed by atoms with van der Waals surface area (Å²) < 4.78 is 52.3. The fraction of sp³-hybridized carbons (Fsp3) is 0.913. The zero-order valence-electron chi connectivity index (χ0n) is 24.8. The van der Waals surface area contributed by atoms with E-state index in [-0.39, 0.29) is 40.7 Å². The van der Waals surface area contributed by atoms with E-state index in [2.05, 4.69) is 33.1 Å². The first-order chi connectivity index (χ1) is 20.3. The van der Waals surface area contributed by atoms with Crippen LogP contribution in [-0.2, 0) is 36.4 Å². The molecule has 5 unspecified atom stereocenters. The van der Waals surface area contributed by atoms with Gasteiger partial charge in [0.2, 0.25) is 0 Å². The summed E-state index contributed by atoms with van der Waals surface area (Å²) in [6.45, 7) is 5.59. The summed E-state index contributed by atoms with van der Waals surface area (Å²) >= 11 is 1.88. The summed E-state index contributed by atoms with van der Waals surface area (Å²) in [7, 11) is -12.9. The lowest BCUT2D eigenvalue weighted by molar-refractivity contribution is -0.119. The molecule has 3 aliphatic heterocycles. The molecule has 3 fully saturated rings. The van der Waals surface area contributed by atoms with Crippen LogP contribution in [0.3, 0.4) is 0 Å². The number of carbonyl (C=O) groups is 2. The van der Waals surface area contributed by atoms with E-state index < -0.39 is 36.2 Å². The number of fused-ring (bicyclic) bond motifs is 1. The highest BCUT2D eigenvalue weighted by Gasteiger charge is 2.43. The highest BCUT2D eigenvalue weighted by Crippen LogP contribution is 2.66. The van der Waals surface area contributed by atoms with E-state index in [1.54, 1.807) is 21.6 Å². The van der Waals surface area contributed by atoms with Crippen molar-refractivity contribution in [1.82, 2.24) is 10.6 Å². The molecular weight excluding hydrogens is 701 g/mol. The van der Waals surface area contributed by atoms with E-state index in [0.717, 1.165) is 37.2 Å². The molecule has 0 radical (unpaired) electrons. The molecule has 44 heavy (non-hydrogen) atoms. The van der Waals surface area contributed by atoms with Crippen molar-refractivity contribution < 1.29 is 60.7 Å². The Bertz CT molecular complexity index is 1150. The number of hydrogen-bond acceptors (Lipinski definition) is 12. The van der Waals surface area contributed by atoms with E-state index >= 15 is 0 Å². The molecule has 21 heteroatoms. The summed E-state index contributed by atoms with van der Waals surface area (Å²) in [5, 5.41) is 6.34. The number of phosphoric acid groups is 3. The van der Waals surface area contributed by atoms with Gasteiger partial charge in [-0.15, -0.1) is 0 Å². The average molecular weight is 745 g/mol. The van der Waals surface area contributed by atoms with Gasteiger partial charge in [0.1, 0.15) is 5.78 Å². The molecule has 0 saturated carbocycles. The Morgan fingerprint density at radius 2 is 1.80 bits per heavy atom. The molecule has 15 nitrogen and oxygen atoms in total. The smallest absolute Gasteiger partial charge is 0.373 e. The average Bonchev–Trinajstić information content (AvgIpc) is 3.53. The van der Waals surface area contributed by atoms with Crippen LogP contribution < -0.4 is 10.6 Å². The summed E-state index contributed by atoms with van der Waals surface area (Å²) in [4.78, 5) is 60.4. The van der Waals surface area contributed by atoms with Crippen molar-refractivity contribution in [2.75, 3.05) is 18.1 Å². The molecule has 256 valence electrons. The first-order valence-corrected chi connectivity index (χ1v) is 22.2. The number of amides is 2. The number of ether oxygens (including phenoxy) is 1. The van der Waals surface area contributed by atoms with Crippen molar-refractivity contribution in [3.8, 4) is 0 Å². The fourth-order valence-electron chi connectivity index (χ4n) is 5.31. The molecule has 8 atom stereocenters. The number of phosphoric ester groups is 1. The molecule has 0 aromatic heterocycles. The third-order valence-electron chi connectivity index (χ3n) is 7.38. The molecule has 3 aliphatic rings. The zero-order chi connectivity index (χ0) is 32.8. The Kier molecular flexibility index (Phi) is 14.7. The minimum Gasteiger partial charge on any atom is -0.373 e. The number of rotatable bonds is 20. The van der Waals surface area contributed by atoms with Crippen molar-refractivity contribution in [2.45, 2.75) is 106 Å². The Morgan fingerprint density at radius 3 is 2.50 bits per heavy atom. The normalized spacial score (nSPS) is 29.9. The van der Waals surface area contributed by atoms with E-state index in [9.17, 15) is 33.1 Å². The number of unbranched alkanes of at least 4 members (excludes halogenated alkanes) is 1. The lowest BCUT2D eigenvalue weighted by Gasteiger charge is -2.24. The van der Waals surface area contributed by atoms with Gasteiger partial charge < -0.3 is 34.9 Å². The van der Waals surface area contributed by atoms with Crippen LogP contribution in [0, 0.1) is 5.92 Å². The molecule has 3 heterocycles. The number of Topliss-reactive ketones (excluding diaryl/α,β-unsaturated/α-hetero) is 1. The topological polar surface area (TPSA) is 227 Å². The monoisotopic (exact) mass is 744 g/mol. The predicted octanol–water partition coefficient (Wildman–Crippen LogP) is 4.75. The van der Waals surface area contributed by atoms with E-state index in [4.69, 9.17) is 19.0 Å². The summed E-state index contributed by atoms with van der Waals surface area (Å²) in [5.74, 6) is 1.89. The first-order valence-electron chi connectivity index (χ1n) is 14.3. The van der Waals surface area contributed by atoms with Crippen LogP contribution in [0.5, 0.6) is 0 Å². The molecule has 0 bridgehead atoms. The minimum absolute atomic E-state index is 0.0372. The van der Waals surface area contributed by atoms with Crippen LogP contribution in [-0.4, -0.2) is 83.8 Å². The SMILES string of the molecule is C[C@H]1C[C@@H](CCSSC(C)(C)CCC(=O)CCCCC2SCC3NC(=O)NC32)[C@@H](COP(=O)(O)OP(=O)(O)OP(=O)(O)O)O1. The number of ketones is 1. The van der Waals surface area contributed by atoms with Crippen LogP contribution in [0.2, 0.25) is 0 Å². The van der Waals surface area contributed by atoms with Crippen molar-refractivity contribution >= 4 is 68.6 Å². The van der Waals surface area contributed by atoms with Crippen LogP contribution >= 0.6 is 56.8 Å². The Balaban J connectivity index is 1.29. The van der Waals surface area contributed by atoms with E-state index in [1.165, 1.54) is 0 Å². The Labute approximate surface area is 269 Å². The Morgan fingerprint density at radius 1 is 1.07 bits per heavy atom. The largest absolute Gasteiger partial charge is 0.490 e. The van der Waals surface area contributed by atoms with E-state index in [1.807, 2.05) is 18.7 Å². The van der Waals surface area contributed by atoms with Crippen LogP contribution in [0.25, 0.3) is 0 Å². The van der Waals surface area contributed by atoms with Crippen molar-refractivity contribution in [2.24, 2.45) is 5.92 Å². The molecule has 6 N–H and O–H groups in total. The van der Waals surface area contributed by atoms with Crippen LogP contribution in [0.4, 0.5) is 4.79 Å². The standard InChI is InChI=1S/C23H43N2O13P3S3/c1-15-12-16(19(36-15)13-35-40(31,32)38-41(33,34)37-39(28,29)30)9-11-43-44-23(2,3)10-8-17(26)6-4-5-7-20-21-18(14-42-20)24-22(27)25-21/h15-16,18-21H,4-14H2,1-3H3,(H,31,32)(H,33,34)(H2,24,25,27)(H2,28,29,30)/t15-,16+,18?,19+,20?,21?/m0/s1. The number of thioether (sulfide) groups is 1. The summed E-state index contributed by atoms with van der Waals surface area (Å²) in [6, 6.07) is 0.320. The third kappa shape index (κ3) is 13.8. The predicted molar refractivity (Wildman–Crippen MR) is 169 cm³/mol. The molecular formula is C23H43N2O13P3S3. The maximum atomic E-state index is 12.5. The van der Waals surface area contributed by atoms with Gasteiger partial charge in [-0.25, -0.2) is 18.5 Å². The fourth-order valence-corrected chi connectivity index (χ4v) is 12.6. The van der Waals surface area contributed by atoms with Gasteiger partial charge in [0, 0.05) is 34.3 Å². The van der Waals surface area contributed by atoms with Crippen molar-refractivity contribution in [3.63, 3.8) is 0 Å². The summed E-state index contributed by atoms with van der Waals surface area (Å²) in [6.07, 6.45) is 5.23. The maximum absolute atomic E-state index is 12.5. The lowest BCUT2D eigenvalue weighted by atomic mass is 9.97. The van der Waals surface area contributed by atoms with Gasteiger partial charge in [-0.2, -0.15) is 20.4 Å². The Hall–Kier alpha value is 0.360. The van der Waals surface area contributed by atoms with Gasteiger partial charge >= 0.3 is 29.5 Å². The second-order valence-electron chi connectivity index (χ2n) is 11.7. The lowest BCUT2D eigenvalue weighted by Crippen LogP contribution is -2.36. The second kappa shape index (κ2) is 16.6. The molecule has 0 spiro atoms. The number of carbonyl (C=O) groups excluding carboxylic acids is 2. The van der Waals surface area contributed by atoms with Crippen LogP contribution in [0.15, 0.2) is 0 Å². The highest BCUT2D eigenvalue weighted by molar-refractivity contribution is 8.77. The van der Waals surface area contributed by atoms with Crippen LogP contribution in [0.1, 0.15) is 72.1 Å². The molecule has 2 amide bonds. The molecule has 3 rings (SSSR count). The number of hydrogen-bond donors (Lipinski definition) is 6.